The zero-order valence-electron chi connectivity index (χ0n) is 20.0. The van der Waals surface area contributed by atoms with Crippen molar-refractivity contribution in [3.63, 3.8) is 0 Å². The maximum Gasteiger partial charge on any atom is 0.269 e. The highest BCUT2D eigenvalue weighted by molar-refractivity contribution is 7.90. The second-order valence-corrected chi connectivity index (χ2v) is 10.5. The standard InChI is InChI=1S/C27H27N3O5S/c1-19-9-8-12-21(15-19)17-29(23(26(32)28-2)16-20-10-4-3-5-11-20)25(31)18-30-27(33)22-13-6-7-14-24(22)36(30,34)35/h3-15,23H,16-18H2,1-2H3,(H,28,32)/t23-/m0/s1. The first-order chi connectivity index (χ1) is 17.2. The van der Waals surface area contributed by atoms with Gasteiger partial charge in [0.25, 0.3) is 15.9 Å². The number of likely N-dealkylation sites (N-methyl/N-ethyl adjacent to an activating group) is 1. The van der Waals surface area contributed by atoms with E-state index in [4.69, 9.17) is 0 Å². The summed E-state index contributed by atoms with van der Waals surface area (Å²) in [4.78, 5) is 40.9. The molecule has 0 aromatic heterocycles. The molecule has 0 saturated carbocycles. The normalized spacial score (nSPS) is 14.7. The lowest BCUT2D eigenvalue weighted by atomic mass is 10.0. The van der Waals surface area contributed by atoms with E-state index in [9.17, 15) is 22.8 Å². The van der Waals surface area contributed by atoms with Crippen LogP contribution in [0.4, 0.5) is 0 Å². The Hall–Kier alpha value is -3.98. The van der Waals surface area contributed by atoms with Crippen molar-refractivity contribution >= 4 is 27.7 Å². The summed E-state index contributed by atoms with van der Waals surface area (Å²) >= 11 is 0. The Bertz CT molecular complexity index is 1410. The molecule has 3 amide bonds. The quantitative estimate of drug-likeness (QED) is 0.507. The summed E-state index contributed by atoms with van der Waals surface area (Å²) in [5.41, 5.74) is 2.63. The molecule has 3 aromatic rings. The molecule has 186 valence electrons. The minimum atomic E-state index is -4.18. The largest absolute Gasteiger partial charge is 0.357 e. The average Bonchev–Trinajstić information content (AvgIpc) is 3.07. The SMILES string of the molecule is CNC(=O)[C@H](Cc1ccccc1)N(Cc1cccc(C)c1)C(=O)CN1C(=O)c2ccccc2S1(=O)=O. The molecular weight excluding hydrogens is 478 g/mol. The van der Waals surface area contributed by atoms with Gasteiger partial charge in [-0.05, 0) is 30.2 Å². The number of carbonyl (C=O) groups is 3. The maximum atomic E-state index is 13.7. The van der Waals surface area contributed by atoms with Gasteiger partial charge >= 0.3 is 0 Å². The molecule has 0 fully saturated rings. The molecular formula is C27H27N3O5S. The maximum absolute atomic E-state index is 13.7. The summed E-state index contributed by atoms with van der Waals surface area (Å²) in [5, 5.41) is 2.62. The fourth-order valence-electron chi connectivity index (χ4n) is 4.33. The zero-order valence-corrected chi connectivity index (χ0v) is 20.9. The zero-order chi connectivity index (χ0) is 25.9. The van der Waals surface area contributed by atoms with Crippen molar-refractivity contribution in [3.05, 3.63) is 101 Å². The fraction of sp³-hybridized carbons (Fsp3) is 0.222. The van der Waals surface area contributed by atoms with Crippen molar-refractivity contribution in [2.45, 2.75) is 30.8 Å². The third-order valence-electron chi connectivity index (χ3n) is 6.14. The van der Waals surface area contributed by atoms with Crippen LogP contribution in [0.25, 0.3) is 0 Å². The Kier molecular flexibility index (Phi) is 7.21. The predicted octanol–water partition coefficient (Wildman–Crippen LogP) is 2.53. The Labute approximate surface area is 210 Å². The van der Waals surface area contributed by atoms with Crippen LogP contribution in [-0.2, 0) is 32.6 Å². The van der Waals surface area contributed by atoms with Gasteiger partial charge in [0.05, 0.1) is 5.56 Å². The number of rotatable bonds is 8. The summed E-state index contributed by atoms with van der Waals surface area (Å²) in [6.45, 7) is 1.28. The molecule has 1 N–H and O–H groups in total. The lowest BCUT2D eigenvalue weighted by Crippen LogP contribution is -2.52. The van der Waals surface area contributed by atoms with E-state index in [1.54, 1.807) is 6.07 Å². The second kappa shape index (κ2) is 10.3. The Morgan fingerprint density at radius 3 is 2.28 bits per heavy atom. The minimum absolute atomic E-state index is 0.0303. The van der Waals surface area contributed by atoms with Gasteiger partial charge in [-0.3, -0.25) is 14.4 Å². The van der Waals surface area contributed by atoms with Crippen LogP contribution in [0, 0.1) is 6.92 Å². The topological polar surface area (TPSA) is 104 Å². The third-order valence-corrected chi connectivity index (χ3v) is 7.93. The first-order valence-corrected chi connectivity index (χ1v) is 12.9. The van der Waals surface area contributed by atoms with Crippen molar-refractivity contribution in [3.8, 4) is 0 Å². The first-order valence-electron chi connectivity index (χ1n) is 11.5. The molecule has 1 aliphatic heterocycles. The molecule has 9 heteroatoms. The first kappa shape index (κ1) is 25.1. The molecule has 1 aliphatic rings. The van der Waals surface area contributed by atoms with Crippen molar-refractivity contribution in [2.24, 2.45) is 0 Å². The van der Waals surface area contributed by atoms with Gasteiger partial charge in [-0.1, -0.05) is 72.3 Å². The Morgan fingerprint density at radius 1 is 0.944 bits per heavy atom. The predicted molar refractivity (Wildman–Crippen MR) is 134 cm³/mol. The van der Waals surface area contributed by atoms with E-state index in [-0.39, 0.29) is 23.4 Å². The smallest absolute Gasteiger partial charge is 0.269 e. The van der Waals surface area contributed by atoms with Gasteiger partial charge in [0, 0.05) is 20.0 Å². The lowest BCUT2D eigenvalue weighted by Gasteiger charge is -2.32. The van der Waals surface area contributed by atoms with Gasteiger partial charge in [-0.25, -0.2) is 12.7 Å². The number of carbonyl (C=O) groups excluding carboxylic acids is 3. The average molecular weight is 506 g/mol. The summed E-state index contributed by atoms with van der Waals surface area (Å²) in [6, 6.07) is 21.7. The molecule has 3 aromatic carbocycles. The highest BCUT2D eigenvalue weighted by Crippen LogP contribution is 2.30. The monoisotopic (exact) mass is 505 g/mol. The van der Waals surface area contributed by atoms with E-state index in [2.05, 4.69) is 5.32 Å². The van der Waals surface area contributed by atoms with Crippen molar-refractivity contribution < 1.29 is 22.8 Å². The van der Waals surface area contributed by atoms with Crippen LogP contribution in [0.3, 0.4) is 0 Å². The van der Waals surface area contributed by atoms with E-state index >= 15 is 0 Å². The van der Waals surface area contributed by atoms with E-state index in [0.29, 0.717) is 4.31 Å². The molecule has 0 spiro atoms. The minimum Gasteiger partial charge on any atom is -0.357 e. The Balaban J connectivity index is 1.70. The third kappa shape index (κ3) is 5.01. The molecule has 1 heterocycles. The summed E-state index contributed by atoms with van der Waals surface area (Å²) in [7, 11) is -2.69. The number of hydrogen-bond acceptors (Lipinski definition) is 5. The van der Waals surface area contributed by atoms with Crippen LogP contribution in [0.5, 0.6) is 0 Å². The van der Waals surface area contributed by atoms with E-state index in [1.807, 2.05) is 61.5 Å². The van der Waals surface area contributed by atoms with Crippen LogP contribution < -0.4 is 5.32 Å². The van der Waals surface area contributed by atoms with E-state index in [1.165, 1.54) is 30.1 Å². The number of nitrogens with zero attached hydrogens (tertiary/aromatic N) is 2. The number of fused-ring (bicyclic) bond motifs is 1. The highest BCUT2D eigenvalue weighted by atomic mass is 32.2. The van der Waals surface area contributed by atoms with Crippen molar-refractivity contribution in [2.75, 3.05) is 13.6 Å². The van der Waals surface area contributed by atoms with Crippen LogP contribution in [0.15, 0.2) is 83.8 Å². The van der Waals surface area contributed by atoms with Gasteiger partial charge in [0.15, 0.2) is 0 Å². The van der Waals surface area contributed by atoms with Gasteiger partial charge in [-0.2, -0.15) is 0 Å². The molecule has 0 unspecified atom stereocenters. The van der Waals surface area contributed by atoms with Gasteiger partial charge in [0.1, 0.15) is 17.5 Å². The summed E-state index contributed by atoms with van der Waals surface area (Å²) in [5.74, 6) is -1.79. The highest BCUT2D eigenvalue weighted by Gasteiger charge is 2.43. The van der Waals surface area contributed by atoms with Gasteiger partial charge < -0.3 is 10.2 Å². The van der Waals surface area contributed by atoms with Gasteiger partial charge in [-0.15, -0.1) is 0 Å². The van der Waals surface area contributed by atoms with Gasteiger partial charge in [0.2, 0.25) is 11.8 Å². The molecule has 4 rings (SSSR count). The molecule has 0 aliphatic carbocycles. The van der Waals surface area contributed by atoms with E-state index in [0.717, 1.165) is 16.7 Å². The van der Waals surface area contributed by atoms with Crippen LogP contribution in [0.2, 0.25) is 0 Å². The molecule has 0 saturated heterocycles. The number of benzene rings is 3. The second-order valence-electron chi connectivity index (χ2n) is 8.64. The Morgan fingerprint density at radius 2 is 1.61 bits per heavy atom. The van der Waals surface area contributed by atoms with Crippen LogP contribution >= 0.6 is 0 Å². The van der Waals surface area contributed by atoms with E-state index < -0.39 is 40.3 Å². The summed E-state index contributed by atoms with van der Waals surface area (Å²) < 4.78 is 26.7. The molecule has 8 nitrogen and oxygen atoms in total. The number of hydrogen-bond donors (Lipinski definition) is 1. The lowest BCUT2D eigenvalue weighted by molar-refractivity contribution is -0.140. The molecule has 0 bridgehead atoms. The number of amides is 3. The van der Waals surface area contributed by atoms with Crippen LogP contribution in [0.1, 0.15) is 27.0 Å². The fourth-order valence-corrected chi connectivity index (χ4v) is 5.85. The molecule has 1 atom stereocenters. The molecule has 0 radical (unpaired) electrons. The van der Waals surface area contributed by atoms with Crippen molar-refractivity contribution in [1.29, 1.82) is 0 Å². The summed E-state index contributed by atoms with van der Waals surface area (Å²) in [6.07, 6.45) is 0.221. The number of aryl methyl sites for hydroxylation is 1. The molecule has 36 heavy (non-hydrogen) atoms. The van der Waals surface area contributed by atoms with Crippen molar-refractivity contribution in [1.82, 2.24) is 14.5 Å². The number of nitrogens with one attached hydrogen (secondary N) is 1. The number of sulfonamides is 1. The van der Waals surface area contributed by atoms with Crippen LogP contribution in [-0.4, -0.2) is 55.0 Å².